The number of imidazole rings is 1. The highest BCUT2D eigenvalue weighted by Crippen LogP contribution is 2.27. The summed E-state index contributed by atoms with van der Waals surface area (Å²) in [6, 6.07) is 11.9. The van der Waals surface area contributed by atoms with Crippen LogP contribution >= 0.6 is 0 Å². The number of methoxy groups -OCH3 is 1. The summed E-state index contributed by atoms with van der Waals surface area (Å²) < 4.78 is 7.57. The van der Waals surface area contributed by atoms with Crippen molar-refractivity contribution in [2.75, 3.05) is 7.11 Å². The molecule has 0 bridgehead atoms. The Morgan fingerprint density at radius 3 is 2.80 bits per heavy atom. The van der Waals surface area contributed by atoms with Crippen molar-refractivity contribution in [2.45, 2.75) is 19.8 Å². The molecule has 0 amide bonds. The average Bonchev–Trinajstić information content (AvgIpc) is 2.85. The summed E-state index contributed by atoms with van der Waals surface area (Å²) in [4.78, 5) is 9.18. The van der Waals surface area contributed by atoms with Crippen LogP contribution in [0.5, 0.6) is 5.75 Å². The molecular formula is C16H17N3O. The quantitative estimate of drug-likeness (QED) is 0.727. The Morgan fingerprint density at radius 2 is 2.00 bits per heavy atom. The molecule has 0 fully saturated rings. The van der Waals surface area contributed by atoms with Crippen LogP contribution < -0.4 is 4.74 Å². The third kappa shape index (κ3) is 2.03. The fourth-order valence-corrected chi connectivity index (χ4v) is 2.42. The third-order valence-corrected chi connectivity index (χ3v) is 3.29. The van der Waals surface area contributed by atoms with Gasteiger partial charge in [0.15, 0.2) is 5.65 Å². The van der Waals surface area contributed by atoms with Gasteiger partial charge in [-0.05, 0) is 30.7 Å². The maximum absolute atomic E-state index is 5.47. The number of aryl methyl sites for hydroxylation is 1. The van der Waals surface area contributed by atoms with Gasteiger partial charge in [-0.25, -0.2) is 9.97 Å². The molecule has 2 heterocycles. The number of pyridine rings is 1. The van der Waals surface area contributed by atoms with Crippen LogP contribution in [-0.2, 0) is 6.42 Å². The molecule has 1 aromatic carbocycles. The second-order valence-corrected chi connectivity index (χ2v) is 4.63. The first-order valence-corrected chi connectivity index (χ1v) is 6.81. The summed E-state index contributed by atoms with van der Waals surface area (Å²) in [7, 11) is 1.69. The number of ether oxygens (including phenoxy) is 1. The van der Waals surface area contributed by atoms with Crippen molar-refractivity contribution in [3.8, 4) is 11.4 Å². The Hall–Kier alpha value is -2.36. The molecule has 0 aliphatic rings. The molecule has 3 aromatic rings. The minimum absolute atomic E-state index is 0.829. The number of benzene rings is 1. The molecule has 0 spiro atoms. The van der Waals surface area contributed by atoms with Gasteiger partial charge < -0.3 is 4.74 Å². The lowest BCUT2D eigenvalue weighted by Gasteiger charge is -2.12. The Balaban J connectivity index is 2.30. The molecule has 2 aromatic heterocycles. The van der Waals surface area contributed by atoms with E-state index in [4.69, 9.17) is 9.72 Å². The Kier molecular flexibility index (Phi) is 3.37. The Labute approximate surface area is 118 Å². The lowest BCUT2D eigenvalue weighted by atomic mass is 10.2. The zero-order valence-electron chi connectivity index (χ0n) is 11.7. The molecule has 0 atom stereocenters. The first-order valence-electron chi connectivity index (χ1n) is 6.81. The zero-order chi connectivity index (χ0) is 13.9. The van der Waals surface area contributed by atoms with E-state index < -0.39 is 0 Å². The fourth-order valence-electron chi connectivity index (χ4n) is 2.42. The van der Waals surface area contributed by atoms with Crippen molar-refractivity contribution >= 4 is 11.2 Å². The van der Waals surface area contributed by atoms with Crippen LogP contribution in [0.1, 0.15) is 19.2 Å². The zero-order valence-corrected chi connectivity index (χ0v) is 11.7. The van der Waals surface area contributed by atoms with Crippen LogP contribution in [0.2, 0.25) is 0 Å². The lowest BCUT2D eigenvalue weighted by Crippen LogP contribution is -2.03. The third-order valence-electron chi connectivity index (χ3n) is 3.29. The number of hydrogen-bond donors (Lipinski definition) is 0. The molecule has 0 aliphatic heterocycles. The largest absolute Gasteiger partial charge is 0.495 e. The van der Waals surface area contributed by atoms with E-state index in [1.165, 1.54) is 0 Å². The van der Waals surface area contributed by atoms with Gasteiger partial charge in [0.05, 0.1) is 12.8 Å². The Bertz CT molecular complexity index is 733. The molecule has 3 rings (SSSR count). The van der Waals surface area contributed by atoms with E-state index in [9.17, 15) is 0 Å². The van der Waals surface area contributed by atoms with Gasteiger partial charge in [0.25, 0.3) is 0 Å². The van der Waals surface area contributed by atoms with Crippen molar-refractivity contribution in [3.05, 3.63) is 48.4 Å². The van der Waals surface area contributed by atoms with Crippen molar-refractivity contribution in [1.82, 2.24) is 14.5 Å². The van der Waals surface area contributed by atoms with Crippen LogP contribution in [0, 0.1) is 0 Å². The lowest BCUT2D eigenvalue weighted by molar-refractivity contribution is 0.412. The van der Waals surface area contributed by atoms with Gasteiger partial charge in [-0.15, -0.1) is 0 Å². The highest BCUT2D eigenvalue weighted by atomic mass is 16.5. The molecule has 4 heteroatoms. The number of nitrogens with zero attached hydrogens (tertiary/aromatic N) is 3. The second-order valence-electron chi connectivity index (χ2n) is 4.63. The van der Waals surface area contributed by atoms with Crippen LogP contribution in [0.25, 0.3) is 16.9 Å². The van der Waals surface area contributed by atoms with Gasteiger partial charge in [-0.3, -0.25) is 4.57 Å². The maximum Gasteiger partial charge on any atom is 0.164 e. The number of aromatic nitrogens is 3. The number of fused-ring (bicyclic) bond motifs is 1. The predicted molar refractivity (Wildman–Crippen MR) is 79.4 cm³/mol. The molecule has 0 radical (unpaired) electrons. The first-order chi connectivity index (χ1) is 9.85. The molecule has 0 unspecified atom stereocenters. The van der Waals surface area contributed by atoms with Crippen LogP contribution in [-0.4, -0.2) is 21.6 Å². The summed E-state index contributed by atoms with van der Waals surface area (Å²) >= 11 is 0. The second kappa shape index (κ2) is 5.33. The van der Waals surface area contributed by atoms with Gasteiger partial charge >= 0.3 is 0 Å². The standard InChI is InChI=1S/C16H17N3O/c1-3-7-15-18-12-8-6-11-17-16(12)19(15)13-9-4-5-10-14(13)20-2/h4-6,8-11H,3,7H2,1-2H3. The summed E-state index contributed by atoms with van der Waals surface area (Å²) in [6.07, 6.45) is 3.75. The van der Waals surface area contributed by atoms with E-state index in [1.54, 1.807) is 13.3 Å². The van der Waals surface area contributed by atoms with E-state index >= 15 is 0 Å². The van der Waals surface area contributed by atoms with Gasteiger partial charge in [-0.2, -0.15) is 0 Å². The van der Waals surface area contributed by atoms with Crippen LogP contribution in [0.3, 0.4) is 0 Å². The maximum atomic E-state index is 5.47. The average molecular weight is 267 g/mol. The van der Waals surface area contributed by atoms with Crippen LogP contribution in [0.15, 0.2) is 42.6 Å². The molecule has 4 nitrogen and oxygen atoms in total. The van der Waals surface area contributed by atoms with E-state index in [0.29, 0.717) is 0 Å². The minimum atomic E-state index is 0.829. The predicted octanol–water partition coefficient (Wildman–Crippen LogP) is 3.38. The SMILES string of the molecule is CCCc1nc2cccnc2n1-c1ccccc1OC. The topological polar surface area (TPSA) is 39.9 Å². The highest BCUT2D eigenvalue weighted by Gasteiger charge is 2.15. The monoisotopic (exact) mass is 267 g/mol. The first kappa shape index (κ1) is 12.7. The highest BCUT2D eigenvalue weighted by molar-refractivity contribution is 5.74. The molecule has 0 N–H and O–H groups in total. The van der Waals surface area contributed by atoms with Gasteiger partial charge in [0.2, 0.25) is 0 Å². The number of rotatable bonds is 4. The summed E-state index contributed by atoms with van der Waals surface area (Å²) in [6.45, 7) is 2.15. The molecular weight excluding hydrogens is 250 g/mol. The van der Waals surface area contributed by atoms with E-state index in [0.717, 1.165) is 41.3 Å². The van der Waals surface area contributed by atoms with Crippen molar-refractivity contribution in [2.24, 2.45) is 0 Å². The minimum Gasteiger partial charge on any atom is -0.495 e. The van der Waals surface area contributed by atoms with Crippen molar-refractivity contribution in [3.63, 3.8) is 0 Å². The summed E-state index contributed by atoms with van der Waals surface area (Å²) in [5, 5.41) is 0. The van der Waals surface area contributed by atoms with Crippen molar-refractivity contribution < 1.29 is 4.74 Å². The number of hydrogen-bond acceptors (Lipinski definition) is 3. The van der Waals surface area contributed by atoms with Crippen molar-refractivity contribution in [1.29, 1.82) is 0 Å². The smallest absolute Gasteiger partial charge is 0.164 e. The van der Waals surface area contributed by atoms with E-state index in [-0.39, 0.29) is 0 Å². The molecule has 102 valence electrons. The van der Waals surface area contributed by atoms with Gasteiger partial charge in [-0.1, -0.05) is 19.1 Å². The summed E-state index contributed by atoms with van der Waals surface area (Å²) in [5.41, 5.74) is 2.78. The normalized spacial score (nSPS) is 10.9. The molecule has 0 saturated carbocycles. The molecule has 0 saturated heterocycles. The van der Waals surface area contributed by atoms with Gasteiger partial charge in [0, 0.05) is 12.6 Å². The molecule has 0 aliphatic carbocycles. The van der Waals surface area contributed by atoms with Crippen LogP contribution in [0.4, 0.5) is 0 Å². The van der Waals surface area contributed by atoms with E-state index in [2.05, 4.69) is 16.5 Å². The number of para-hydroxylation sites is 2. The molecule has 20 heavy (non-hydrogen) atoms. The Morgan fingerprint density at radius 1 is 1.15 bits per heavy atom. The van der Waals surface area contributed by atoms with Gasteiger partial charge in [0.1, 0.15) is 17.1 Å². The summed E-state index contributed by atoms with van der Waals surface area (Å²) in [5.74, 6) is 1.85. The fraction of sp³-hybridized carbons (Fsp3) is 0.250. The van der Waals surface area contributed by atoms with E-state index in [1.807, 2.05) is 36.4 Å².